The number of nitrogens with one attached hydrogen (secondary N) is 1. The number of aryl methyl sites for hydroxylation is 1. The van der Waals surface area contributed by atoms with E-state index in [2.05, 4.69) is 30.3 Å². The predicted octanol–water partition coefficient (Wildman–Crippen LogP) is 1.56. The Hall–Kier alpha value is -3.28. The minimum Gasteiger partial charge on any atom is -0.467 e. The Kier molecular flexibility index (Phi) is 7.00. The summed E-state index contributed by atoms with van der Waals surface area (Å²) in [6.45, 7) is 0.755. The third-order valence-electron chi connectivity index (χ3n) is 4.24. The first-order chi connectivity index (χ1) is 14.7. The first kappa shape index (κ1) is 22.4. The molecule has 166 valence electrons. The topological polar surface area (TPSA) is 115 Å². The average molecular weight is 438 g/mol. The molecule has 1 amide bonds. The van der Waals surface area contributed by atoms with Crippen LogP contribution in [0.15, 0.2) is 24.5 Å². The van der Waals surface area contributed by atoms with Crippen LogP contribution in [-0.4, -0.2) is 61.9 Å². The SMILES string of the molecule is Cc1cc(Cn2cc3c(CC(=O)NCCCO)nccc3n2)nnc1OCC(F)(F)F. The van der Waals surface area contributed by atoms with Crippen LogP contribution in [0.1, 0.15) is 23.4 Å². The molecular weight excluding hydrogens is 417 g/mol. The zero-order valence-corrected chi connectivity index (χ0v) is 16.7. The molecule has 0 radical (unpaired) electrons. The van der Waals surface area contributed by atoms with Crippen LogP contribution in [0.3, 0.4) is 0 Å². The minimum atomic E-state index is -4.45. The van der Waals surface area contributed by atoms with Gasteiger partial charge in [-0.05, 0) is 25.5 Å². The van der Waals surface area contributed by atoms with Gasteiger partial charge in [-0.3, -0.25) is 14.5 Å². The molecule has 3 aromatic heterocycles. The molecular formula is C19H21F3N6O3. The summed E-state index contributed by atoms with van der Waals surface area (Å²) in [5, 5.41) is 24.3. The Labute approximate surface area is 175 Å². The number of aliphatic hydroxyl groups excluding tert-OH is 1. The van der Waals surface area contributed by atoms with Gasteiger partial charge in [0.25, 0.3) is 0 Å². The molecule has 31 heavy (non-hydrogen) atoms. The molecule has 12 heteroatoms. The molecule has 0 aliphatic carbocycles. The van der Waals surface area contributed by atoms with Crippen molar-refractivity contribution in [1.82, 2.24) is 30.3 Å². The lowest BCUT2D eigenvalue weighted by atomic mass is 10.2. The maximum absolute atomic E-state index is 12.3. The van der Waals surface area contributed by atoms with Crippen LogP contribution in [0.5, 0.6) is 5.88 Å². The first-order valence-corrected chi connectivity index (χ1v) is 9.46. The molecule has 0 fully saturated rings. The number of hydrogen-bond acceptors (Lipinski definition) is 7. The number of ether oxygens (including phenoxy) is 1. The number of halogens is 3. The number of carbonyl (C=O) groups is 1. The quantitative estimate of drug-likeness (QED) is 0.487. The number of alkyl halides is 3. The molecule has 0 aliphatic heterocycles. The predicted molar refractivity (Wildman–Crippen MR) is 103 cm³/mol. The molecule has 0 saturated carbocycles. The highest BCUT2D eigenvalue weighted by molar-refractivity contribution is 5.86. The highest BCUT2D eigenvalue weighted by atomic mass is 19.4. The largest absolute Gasteiger partial charge is 0.467 e. The van der Waals surface area contributed by atoms with Gasteiger partial charge < -0.3 is 15.2 Å². The fourth-order valence-corrected chi connectivity index (χ4v) is 2.86. The van der Waals surface area contributed by atoms with Crippen LogP contribution in [0.2, 0.25) is 0 Å². The summed E-state index contributed by atoms with van der Waals surface area (Å²) in [7, 11) is 0. The number of carbonyl (C=O) groups excluding carboxylic acids is 1. The lowest BCUT2D eigenvalue weighted by Crippen LogP contribution is -2.26. The fraction of sp³-hybridized carbons (Fsp3) is 0.421. The van der Waals surface area contributed by atoms with Gasteiger partial charge >= 0.3 is 6.18 Å². The number of aromatic nitrogens is 5. The Balaban J connectivity index is 1.71. The van der Waals surface area contributed by atoms with Crippen LogP contribution in [0.25, 0.3) is 10.9 Å². The first-order valence-electron chi connectivity index (χ1n) is 9.46. The molecule has 0 spiro atoms. The van der Waals surface area contributed by atoms with Gasteiger partial charge in [0.15, 0.2) is 6.61 Å². The fourth-order valence-electron chi connectivity index (χ4n) is 2.86. The number of fused-ring (bicyclic) bond motifs is 1. The van der Waals surface area contributed by atoms with E-state index in [1.54, 1.807) is 36.1 Å². The van der Waals surface area contributed by atoms with Gasteiger partial charge in [-0.25, -0.2) is 0 Å². The number of rotatable bonds is 9. The smallest absolute Gasteiger partial charge is 0.422 e. The number of pyridine rings is 1. The standard InChI is InChI=1S/C19H21F3N6O3/c1-12-7-13(25-26-18(12)31-11-19(20,21)22)9-28-10-14-15(27-28)3-5-23-16(14)8-17(30)24-4-2-6-29/h3,5,7,10,29H,2,4,6,8-9,11H2,1H3,(H,24,30). The summed E-state index contributed by atoms with van der Waals surface area (Å²) >= 11 is 0. The summed E-state index contributed by atoms with van der Waals surface area (Å²) in [5.41, 5.74) is 2.11. The monoisotopic (exact) mass is 438 g/mol. The van der Waals surface area contributed by atoms with E-state index in [4.69, 9.17) is 5.11 Å². The molecule has 3 rings (SSSR count). The van der Waals surface area contributed by atoms with Crippen LogP contribution < -0.4 is 10.1 Å². The molecule has 3 heterocycles. The lowest BCUT2D eigenvalue weighted by molar-refractivity contribution is -0.154. The van der Waals surface area contributed by atoms with Gasteiger partial charge in [-0.2, -0.15) is 18.3 Å². The maximum Gasteiger partial charge on any atom is 0.422 e. The van der Waals surface area contributed by atoms with Gasteiger partial charge in [0.1, 0.15) is 0 Å². The van der Waals surface area contributed by atoms with Crippen LogP contribution in [0.4, 0.5) is 13.2 Å². The third-order valence-corrected chi connectivity index (χ3v) is 4.24. The van der Waals surface area contributed by atoms with Crippen LogP contribution >= 0.6 is 0 Å². The van der Waals surface area contributed by atoms with Gasteiger partial charge in [-0.1, -0.05) is 0 Å². The molecule has 2 N–H and O–H groups in total. The summed E-state index contributed by atoms with van der Waals surface area (Å²) in [6, 6.07) is 3.29. The molecule has 3 aromatic rings. The number of nitrogens with zero attached hydrogens (tertiary/aromatic N) is 5. The van der Waals surface area contributed by atoms with Crippen molar-refractivity contribution in [2.75, 3.05) is 19.8 Å². The van der Waals surface area contributed by atoms with Crippen molar-refractivity contribution >= 4 is 16.8 Å². The molecule has 0 unspecified atom stereocenters. The van der Waals surface area contributed by atoms with E-state index in [1.165, 1.54) is 0 Å². The second-order valence-electron chi connectivity index (χ2n) is 6.85. The van der Waals surface area contributed by atoms with E-state index in [0.717, 1.165) is 0 Å². The Morgan fingerprint density at radius 3 is 2.84 bits per heavy atom. The summed E-state index contributed by atoms with van der Waals surface area (Å²) in [5.74, 6) is -0.387. The highest BCUT2D eigenvalue weighted by Gasteiger charge is 2.29. The summed E-state index contributed by atoms with van der Waals surface area (Å²) < 4.78 is 43.2. The number of hydrogen-bond donors (Lipinski definition) is 2. The normalized spacial score (nSPS) is 11.6. The highest BCUT2D eigenvalue weighted by Crippen LogP contribution is 2.20. The van der Waals surface area contributed by atoms with Crippen molar-refractivity contribution in [3.8, 4) is 5.88 Å². The molecule has 0 atom stereocenters. The number of aliphatic hydroxyl groups is 1. The van der Waals surface area contributed by atoms with Crippen molar-refractivity contribution in [2.24, 2.45) is 0 Å². The number of amides is 1. The Morgan fingerprint density at radius 2 is 2.13 bits per heavy atom. The van der Waals surface area contributed by atoms with E-state index in [1.807, 2.05) is 0 Å². The van der Waals surface area contributed by atoms with E-state index in [-0.39, 0.29) is 31.4 Å². The summed E-state index contributed by atoms with van der Waals surface area (Å²) in [6.07, 6.45) is -0.625. The Bertz CT molecular complexity index is 1050. The van der Waals surface area contributed by atoms with Crippen molar-refractivity contribution in [3.05, 3.63) is 41.5 Å². The zero-order chi connectivity index (χ0) is 22.4. The van der Waals surface area contributed by atoms with Gasteiger partial charge in [0.05, 0.1) is 29.9 Å². The second-order valence-corrected chi connectivity index (χ2v) is 6.85. The van der Waals surface area contributed by atoms with E-state index in [0.29, 0.717) is 40.8 Å². The van der Waals surface area contributed by atoms with Gasteiger partial charge in [0.2, 0.25) is 11.8 Å². The second kappa shape index (κ2) is 9.69. The van der Waals surface area contributed by atoms with E-state index in [9.17, 15) is 18.0 Å². The average Bonchev–Trinajstić information content (AvgIpc) is 3.10. The van der Waals surface area contributed by atoms with E-state index >= 15 is 0 Å². The lowest BCUT2D eigenvalue weighted by Gasteiger charge is -2.10. The molecule has 0 saturated heterocycles. The summed E-state index contributed by atoms with van der Waals surface area (Å²) in [4.78, 5) is 16.3. The molecule has 0 bridgehead atoms. The maximum atomic E-state index is 12.3. The molecule has 0 aromatic carbocycles. The Morgan fingerprint density at radius 1 is 1.32 bits per heavy atom. The van der Waals surface area contributed by atoms with Gasteiger partial charge in [-0.15, -0.1) is 10.2 Å². The van der Waals surface area contributed by atoms with Crippen LogP contribution in [0, 0.1) is 6.92 Å². The third kappa shape index (κ3) is 6.35. The van der Waals surface area contributed by atoms with Gasteiger partial charge in [0, 0.05) is 36.5 Å². The zero-order valence-electron chi connectivity index (χ0n) is 16.7. The van der Waals surface area contributed by atoms with Crippen molar-refractivity contribution in [2.45, 2.75) is 32.5 Å². The van der Waals surface area contributed by atoms with Crippen molar-refractivity contribution < 1.29 is 27.8 Å². The van der Waals surface area contributed by atoms with Crippen LogP contribution in [-0.2, 0) is 17.8 Å². The minimum absolute atomic E-state index is 0.00131. The van der Waals surface area contributed by atoms with E-state index < -0.39 is 12.8 Å². The molecule has 0 aliphatic rings. The molecule has 9 nitrogen and oxygen atoms in total. The van der Waals surface area contributed by atoms with Crippen molar-refractivity contribution in [3.63, 3.8) is 0 Å². The van der Waals surface area contributed by atoms with Crippen molar-refractivity contribution in [1.29, 1.82) is 0 Å².